The van der Waals surface area contributed by atoms with Gasteiger partial charge in [0.15, 0.2) is 0 Å². The molecule has 3 nitrogen and oxygen atoms in total. The van der Waals surface area contributed by atoms with E-state index in [-0.39, 0.29) is 12.0 Å². The molecule has 0 heterocycles. The summed E-state index contributed by atoms with van der Waals surface area (Å²) in [6.45, 7) is 5.16. The number of hydrogen-bond donors (Lipinski definition) is 1. The molecule has 0 aromatic heterocycles. The third kappa shape index (κ3) is 7.99. The molecule has 0 aromatic carbocycles. The van der Waals surface area contributed by atoms with Crippen molar-refractivity contribution in [2.45, 2.75) is 45.6 Å². The molecule has 1 N–H and O–H groups in total. The lowest BCUT2D eigenvalue weighted by Crippen LogP contribution is -2.38. The lowest BCUT2D eigenvalue weighted by molar-refractivity contribution is -0.143. The molecular weight excluding hydrogens is 222 g/mol. The Balaban J connectivity index is 3.69. The third-order valence-corrected chi connectivity index (χ3v) is 3.42. The molecule has 0 aromatic rings. The van der Waals surface area contributed by atoms with Gasteiger partial charge < -0.3 is 10.1 Å². The standard InChI is InChI=1S/C12H25NO2S/c1-4-6-9-16-10-7-11(12(14)15-3)13-8-5-2/h11,13H,4-10H2,1-3H3. The minimum Gasteiger partial charge on any atom is -0.468 e. The van der Waals surface area contributed by atoms with Gasteiger partial charge in [-0.05, 0) is 37.3 Å². The molecule has 1 atom stereocenters. The number of thioether (sulfide) groups is 1. The highest BCUT2D eigenvalue weighted by atomic mass is 32.2. The number of carbonyl (C=O) groups excluding carboxylic acids is 1. The first-order chi connectivity index (χ1) is 7.76. The van der Waals surface area contributed by atoms with Crippen LogP contribution in [0.1, 0.15) is 39.5 Å². The fourth-order valence-electron chi connectivity index (χ4n) is 1.31. The van der Waals surface area contributed by atoms with Gasteiger partial charge in [-0.15, -0.1) is 0 Å². The van der Waals surface area contributed by atoms with Crippen molar-refractivity contribution in [1.82, 2.24) is 5.32 Å². The minimum atomic E-state index is -0.135. The summed E-state index contributed by atoms with van der Waals surface area (Å²) in [5.41, 5.74) is 0. The van der Waals surface area contributed by atoms with Crippen LogP contribution in [0, 0.1) is 0 Å². The number of unbranched alkanes of at least 4 members (excludes halogenated alkanes) is 1. The van der Waals surface area contributed by atoms with E-state index in [1.807, 2.05) is 11.8 Å². The SMILES string of the molecule is CCCCSCCC(NCCC)C(=O)OC. The molecule has 0 amide bonds. The predicted octanol–water partition coefficient (Wildman–Crippen LogP) is 2.45. The van der Waals surface area contributed by atoms with E-state index >= 15 is 0 Å². The largest absolute Gasteiger partial charge is 0.468 e. The maximum atomic E-state index is 11.4. The fourth-order valence-corrected chi connectivity index (χ4v) is 2.41. The van der Waals surface area contributed by atoms with Crippen molar-refractivity contribution >= 4 is 17.7 Å². The van der Waals surface area contributed by atoms with Crippen LogP contribution in [0.2, 0.25) is 0 Å². The number of esters is 1. The van der Waals surface area contributed by atoms with Crippen LogP contribution in [-0.4, -0.2) is 37.2 Å². The van der Waals surface area contributed by atoms with Crippen LogP contribution >= 0.6 is 11.8 Å². The van der Waals surface area contributed by atoms with Crippen molar-refractivity contribution in [1.29, 1.82) is 0 Å². The Hall–Kier alpha value is -0.220. The van der Waals surface area contributed by atoms with Gasteiger partial charge in [0, 0.05) is 0 Å². The van der Waals surface area contributed by atoms with Gasteiger partial charge in [0.25, 0.3) is 0 Å². The van der Waals surface area contributed by atoms with Gasteiger partial charge in [-0.2, -0.15) is 11.8 Å². The van der Waals surface area contributed by atoms with Crippen molar-refractivity contribution in [2.24, 2.45) is 0 Å². The molecule has 0 aliphatic rings. The van der Waals surface area contributed by atoms with E-state index in [2.05, 4.69) is 19.2 Å². The van der Waals surface area contributed by atoms with E-state index < -0.39 is 0 Å². The number of carbonyl (C=O) groups is 1. The molecule has 0 bridgehead atoms. The first kappa shape index (κ1) is 15.8. The molecule has 0 saturated heterocycles. The Labute approximate surface area is 104 Å². The Bertz CT molecular complexity index is 176. The van der Waals surface area contributed by atoms with Gasteiger partial charge in [-0.25, -0.2) is 0 Å². The topological polar surface area (TPSA) is 38.3 Å². The van der Waals surface area contributed by atoms with Gasteiger partial charge >= 0.3 is 5.97 Å². The summed E-state index contributed by atoms with van der Waals surface area (Å²) in [6, 6.07) is -0.126. The fraction of sp³-hybridized carbons (Fsp3) is 0.917. The smallest absolute Gasteiger partial charge is 0.322 e. The Morgan fingerprint density at radius 3 is 2.62 bits per heavy atom. The lowest BCUT2D eigenvalue weighted by Gasteiger charge is -2.15. The second kappa shape index (κ2) is 11.3. The van der Waals surface area contributed by atoms with Gasteiger partial charge in [0.1, 0.15) is 6.04 Å². The molecule has 0 aliphatic carbocycles. The second-order valence-corrected chi connectivity index (χ2v) is 5.01. The Kier molecular flexibility index (Phi) is 11.1. The summed E-state index contributed by atoms with van der Waals surface area (Å²) in [5.74, 6) is 2.08. The first-order valence-corrected chi connectivity index (χ1v) is 7.30. The van der Waals surface area contributed by atoms with Crippen LogP contribution < -0.4 is 5.32 Å². The quantitative estimate of drug-likeness (QED) is 0.475. The molecule has 0 aliphatic heterocycles. The van der Waals surface area contributed by atoms with E-state index in [4.69, 9.17) is 4.74 Å². The van der Waals surface area contributed by atoms with E-state index in [9.17, 15) is 4.79 Å². The van der Waals surface area contributed by atoms with Crippen molar-refractivity contribution in [3.63, 3.8) is 0 Å². The summed E-state index contributed by atoms with van der Waals surface area (Å²) < 4.78 is 4.78. The monoisotopic (exact) mass is 247 g/mol. The molecule has 0 radical (unpaired) electrons. The lowest BCUT2D eigenvalue weighted by atomic mass is 10.2. The normalized spacial score (nSPS) is 12.4. The first-order valence-electron chi connectivity index (χ1n) is 6.15. The zero-order chi connectivity index (χ0) is 12.2. The highest BCUT2D eigenvalue weighted by molar-refractivity contribution is 7.99. The second-order valence-electron chi connectivity index (χ2n) is 3.78. The average Bonchev–Trinajstić information content (AvgIpc) is 2.31. The molecule has 1 unspecified atom stereocenters. The van der Waals surface area contributed by atoms with Crippen LogP contribution in [0.25, 0.3) is 0 Å². The van der Waals surface area contributed by atoms with Gasteiger partial charge in [-0.3, -0.25) is 4.79 Å². The van der Waals surface area contributed by atoms with Crippen molar-refractivity contribution in [2.75, 3.05) is 25.2 Å². The molecule has 4 heteroatoms. The maximum absolute atomic E-state index is 11.4. The highest BCUT2D eigenvalue weighted by Gasteiger charge is 2.17. The summed E-state index contributed by atoms with van der Waals surface area (Å²) in [4.78, 5) is 11.4. The molecular formula is C12H25NO2S. The molecule has 16 heavy (non-hydrogen) atoms. The summed E-state index contributed by atoms with van der Waals surface area (Å²) in [6.07, 6.45) is 4.40. The maximum Gasteiger partial charge on any atom is 0.322 e. The average molecular weight is 247 g/mol. The number of hydrogen-bond acceptors (Lipinski definition) is 4. The number of ether oxygens (including phenoxy) is 1. The van der Waals surface area contributed by atoms with Crippen LogP contribution in [-0.2, 0) is 9.53 Å². The van der Waals surface area contributed by atoms with Gasteiger partial charge in [0.2, 0.25) is 0 Å². The predicted molar refractivity (Wildman–Crippen MR) is 70.9 cm³/mol. The van der Waals surface area contributed by atoms with E-state index in [1.54, 1.807) is 0 Å². The van der Waals surface area contributed by atoms with Crippen LogP contribution in [0.4, 0.5) is 0 Å². The van der Waals surface area contributed by atoms with Gasteiger partial charge in [0.05, 0.1) is 7.11 Å². The van der Waals surface area contributed by atoms with Crippen molar-refractivity contribution < 1.29 is 9.53 Å². The molecule has 0 fully saturated rings. The highest BCUT2D eigenvalue weighted by Crippen LogP contribution is 2.08. The van der Waals surface area contributed by atoms with E-state index in [0.29, 0.717) is 0 Å². The summed E-state index contributed by atoms with van der Waals surface area (Å²) >= 11 is 1.92. The number of nitrogens with one attached hydrogen (secondary N) is 1. The summed E-state index contributed by atoms with van der Waals surface area (Å²) in [7, 11) is 1.45. The molecule has 0 spiro atoms. The Morgan fingerprint density at radius 2 is 2.06 bits per heavy atom. The van der Waals surface area contributed by atoms with Crippen LogP contribution in [0.15, 0.2) is 0 Å². The van der Waals surface area contributed by atoms with Crippen LogP contribution in [0.5, 0.6) is 0 Å². The molecule has 96 valence electrons. The molecule has 0 saturated carbocycles. The number of methoxy groups -OCH3 is 1. The minimum absolute atomic E-state index is 0.126. The van der Waals surface area contributed by atoms with E-state index in [1.165, 1.54) is 25.7 Å². The van der Waals surface area contributed by atoms with Crippen molar-refractivity contribution in [3.8, 4) is 0 Å². The van der Waals surface area contributed by atoms with Crippen LogP contribution in [0.3, 0.4) is 0 Å². The Morgan fingerprint density at radius 1 is 1.31 bits per heavy atom. The van der Waals surface area contributed by atoms with E-state index in [0.717, 1.165) is 25.1 Å². The molecule has 0 rings (SSSR count). The summed E-state index contributed by atoms with van der Waals surface area (Å²) in [5, 5.41) is 3.22. The van der Waals surface area contributed by atoms with Gasteiger partial charge in [-0.1, -0.05) is 20.3 Å². The third-order valence-electron chi connectivity index (χ3n) is 2.32. The number of rotatable bonds is 10. The zero-order valence-electron chi connectivity index (χ0n) is 10.8. The zero-order valence-corrected chi connectivity index (χ0v) is 11.6. The van der Waals surface area contributed by atoms with Crippen molar-refractivity contribution in [3.05, 3.63) is 0 Å².